The SMILES string of the molecule is CN=C(NCCc1ccc2c(c1)CCO2)NCC(c1ccc(C)o1)N1CCOCC1.I. The second-order valence-electron chi connectivity index (χ2n) is 7.78. The van der Waals surface area contributed by atoms with Crippen molar-refractivity contribution < 1.29 is 13.9 Å². The Morgan fingerprint density at radius 2 is 1.97 bits per heavy atom. The number of nitrogens with zero attached hydrogens (tertiary/aromatic N) is 2. The minimum absolute atomic E-state index is 0. The monoisotopic (exact) mass is 540 g/mol. The van der Waals surface area contributed by atoms with Crippen molar-refractivity contribution in [3.63, 3.8) is 0 Å². The van der Waals surface area contributed by atoms with Gasteiger partial charge in [-0.1, -0.05) is 12.1 Å². The van der Waals surface area contributed by atoms with Crippen LogP contribution in [0.5, 0.6) is 5.75 Å². The van der Waals surface area contributed by atoms with Crippen LogP contribution in [-0.4, -0.2) is 63.9 Å². The van der Waals surface area contributed by atoms with Crippen molar-refractivity contribution in [3.05, 3.63) is 53.0 Å². The molecule has 8 heteroatoms. The van der Waals surface area contributed by atoms with E-state index in [1.807, 2.05) is 20.0 Å². The second kappa shape index (κ2) is 11.7. The summed E-state index contributed by atoms with van der Waals surface area (Å²) in [4.78, 5) is 6.81. The van der Waals surface area contributed by atoms with Crippen LogP contribution >= 0.6 is 24.0 Å². The first-order valence-corrected chi connectivity index (χ1v) is 10.8. The number of benzene rings is 1. The number of halogens is 1. The minimum Gasteiger partial charge on any atom is -0.493 e. The lowest BCUT2D eigenvalue weighted by Crippen LogP contribution is -2.46. The molecule has 2 aliphatic rings. The highest BCUT2D eigenvalue weighted by atomic mass is 127. The van der Waals surface area contributed by atoms with Crippen LogP contribution < -0.4 is 15.4 Å². The lowest BCUT2D eigenvalue weighted by atomic mass is 10.1. The molecular formula is C23H33IN4O3. The lowest BCUT2D eigenvalue weighted by Gasteiger charge is -2.33. The summed E-state index contributed by atoms with van der Waals surface area (Å²) in [7, 11) is 1.81. The lowest BCUT2D eigenvalue weighted by molar-refractivity contribution is 0.0124. The van der Waals surface area contributed by atoms with Crippen molar-refractivity contribution >= 4 is 29.9 Å². The van der Waals surface area contributed by atoms with Gasteiger partial charge >= 0.3 is 0 Å². The van der Waals surface area contributed by atoms with E-state index in [9.17, 15) is 0 Å². The number of furan rings is 1. The van der Waals surface area contributed by atoms with Crippen LogP contribution in [-0.2, 0) is 17.6 Å². The number of hydrogen-bond acceptors (Lipinski definition) is 5. The van der Waals surface area contributed by atoms with Crippen LogP contribution in [0.15, 0.2) is 39.7 Å². The predicted octanol–water partition coefficient (Wildman–Crippen LogP) is 2.92. The molecule has 1 fully saturated rings. The number of guanidine groups is 1. The van der Waals surface area contributed by atoms with Crippen LogP contribution in [0.3, 0.4) is 0 Å². The highest BCUT2D eigenvalue weighted by Gasteiger charge is 2.25. The molecule has 1 unspecified atom stereocenters. The average molecular weight is 540 g/mol. The van der Waals surface area contributed by atoms with Gasteiger partial charge in [-0.15, -0.1) is 24.0 Å². The maximum absolute atomic E-state index is 5.95. The van der Waals surface area contributed by atoms with Crippen LogP contribution in [0.2, 0.25) is 0 Å². The van der Waals surface area contributed by atoms with Crippen molar-refractivity contribution in [1.82, 2.24) is 15.5 Å². The number of fused-ring (bicyclic) bond motifs is 1. The molecule has 2 aliphatic heterocycles. The topological polar surface area (TPSA) is 71.3 Å². The van der Waals surface area contributed by atoms with Crippen LogP contribution in [0, 0.1) is 6.92 Å². The first-order chi connectivity index (χ1) is 14.7. The Bertz CT molecular complexity index is 864. The van der Waals surface area contributed by atoms with Gasteiger partial charge in [0.05, 0.1) is 25.9 Å². The number of morpholine rings is 1. The van der Waals surface area contributed by atoms with E-state index in [0.717, 1.165) is 82.1 Å². The van der Waals surface area contributed by atoms with E-state index in [1.165, 1.54) is 11.1 Å². The van der Waals surface area contributed by atoms with Crippen LogP contribution in [0.4, 0.5) is 0 Å². The van der Waals surface area contributed by atoms with Gasteiger partial charge in [-0.3, -0.25) is 9.89 Å². The molecule has 1 aromatic carbocycles. The summed E-state index contributed by atoms with van der Waals surface area (Å²) in [5.74, 6) is 3.76. The fourth-order valence-electron chi connectivity index (χ4n) is 4.07. The Kier molecular flexibility index (Phi) is 9.03. The normalized spacial score (nSPS) is 17.4. The van der Waals surface area contributed by atoms with Crippen molar-refractivity contribution in [2.45, 2.75) is 25.8 Å². The summed E-state index contributed by atoms with van der Waals surface area (Å²) >= 11 is 0. The summed E-state index contributed by atoms with van der Waals surface area (Å²) in [5, 5.41) is 6.91. The number of hydrogen-bond donors (Lipinski definition) is 2. The van der Waals surface area contributed by atoms with Gasteiger partial charge in [0.1, 0.15) is 17.3 Å². The summed E-state index contributed by atoms with van der Waals surface area (Å²) < 4.78 is 17.1. The Balaban J connectivity index is 0.00000272. The van der Waals surface area contributed by atoms with Gasteiger partial charge in [0.15, 0.2) is 5.96 Å². The molecule has 3 heterocycles. The van der Waals surface area contributed by atoms with Crippen molar-refractivity contribution in [1.29, 1.82) is 0 Å². The average Bonchev–Trinajstić information content (AvgIpc) is 3.42. The van der Waals surface area contributed by atoms with Crippen LogP contribution in [0.1, 0.15) is 28.7 Å². The Labute approximate surface area is 201 Å². The van der Waals surface area contributed by atoms with Crippen molar-refractivity contribution in [2.24, 2.45) is 4.99 Å². The maximum atomic E-state index is 5.95. The van der Waals surface area contributed by atoms with E-state index in [1.54, 1.807) is 0 Å². The van der Waals surface area contributed by atoms with Gasteiger partial charge in [-0.2, -0.15) is 0 Å². The third-order valence-electron chi connectivity index (χ3n) is 5.72. The largest absolute Gasteiger partial charge is 0.493 e. The van der Waals surface area contributed by atoms with Gasteiger partial charge in [-0.25, -0.2) is 0 Å². The molecule has 0 saturated carbocycles. The minimum atomic E-state index is 0. The fraction of sp³-hybridized carbons (Fsp3) is 0.522. The molecule has 0 aliphatic carbocycles. The molecule has 0 spiro atoms. The smallest absolute Gasteiger partial charge is 0.191 e. The van der Waals surface area contributed by atoms with Gasteiger partial charge in [0.2, 0.25) is 0 Å². The zero-order chi connectivity index (χ0) is 20.8. The molecule has 4 rings (SSSR count). The number of aliphatic imine (C=N–C) groups is 1. The van der Waals surface area contributed by atoms with Gasteiger partial charge in [0.25, 0.3) is 0 Å². The highest BCUT2D eigenvalue weighted by molar-refractivity contribution is 14.0. The molecule has 1 atom stereocenters. The predicted molar refractivity (Wildman–Crippen MR) is 133 cm³/mol. The molecule has 0 amide bonds. The Hall–Kier alpha value is -1.78. The van der Waals surface area contributed by atoms with E-state index >= 15 is 0 Å². The first kappa shape index (κ1) is 23.9. The summed E-state index contributed by atoms with van der Waals surface area (Å²) in [6, 6.07) is 10.7. The quantitative estimate of drug-likeness (QED) is 0.320. The zero-order valence-electron chi connectivity index (χ0n) is 18.4. The highest BCUT2D eigenvalue weighted by Crippen LogP contribution is 2.26. The van der Waals surface area contributed by atoms with Crippen LogP contribution in [0.25, 0.3) is 0 Å². The molecule has 1 aromatic heterocycles. The summed E-state index contributed by atoms with van der Waals surface area (Å²) in [5.41, 5.74) is 2.64. The summed E-state index contributed by atoms with van der Waals surface area (Å²) in [6.45, 7) is 7.65. The number of ether oxygens (including phenoxy) is 2. The van der Waals surface area contributed by atoms with Crippen molar-refractivity contribution in [2.75, 3.05) is 53.0 Å². The molecular weight excluding hydrogens is 507 g/mol. The van der Waals surface area contributed by atoms with Gasteiger partial charge in [0, 0.05) is 39.6 Å². The zero-order valence-corrected chi connectivity index (χ0v) is 20.7. The Morgan fingerprint density at radius 3 is 2.71 bits per heavy atom. The van der Waals surface area contributed by atoms with E-state index in [0.29, 0.717) is 0 Å². The van der Waals surface area contributed by atoms with Crippen molar-refractivity contribution in [3.8, 4) is 5.75 Å². The molecule has 0 radical (unpaired) electrons. The van der Waals surface area contributed by atoms with Gasteiger partial charge < -0.3 is 24.5 Å². The van der Waals surface area contributed by atoms with E-state index in [4.69, 9.17) is 13.9 Å². The molecule has 1 saturated heterocycles. The molecule has 31 heavy (non-hydrogen) atoms. The molecule has 0 bridgehead atoms. The number of nitrogens with one attached hydrogen (secondary N) is 2. The number of rotatable bonds is 7. The number of aryl methyl sites for hydroxylation is 1. The van der Waals surface area contributed by atoms with E-state index in [-0.39, 0.29) is 30.0 Å². The Morgan fingerprint density at radius 1 is 1.13 bits per heavy atom. The van der Waals surface area contributed by atoms with E-state index in [2.05, 4.69) is 44.8 Å². The fourth-order valence-corrected chi connectivity index (χ4v) is 4.07. The molecule has 7 nitrogen and oxygen atoms in total. The molecule has 2 N–H and O–H groups in total. The third-order valence-corrected chi connectivity index (χ3v) is 5.72. The summed E-state index contributed by atoms with van der Waals surface area (Å²) in [6.07, 6.45) is 1.95. The maximum Gasteiger partial charge on any atom is 0.191 e. The standard InChI is InChI=1S/C23H32N4O3.HI/c1-17-3-5-22(30-17)20(27-10-13-28-14-11-27)16-26-23(24-2)25-9-7-18-4-6-21-19(15-18)8-12-29-21;/h3-6,15,20H,7-14,16H2,1-2H3,(H2,24,25,26);1H. The third kappa shape index (κ3) is 6.36. The van der Waals surface area contributed by atoms with E-state index < -0.39 is 0 Å². The molecule has 170 valence electrons. The van der Waals surface area contributed by atoms with Gasteiger partial charge in [-0.05, 0) is 42.7 Å². The second-order valence-corrected chi connectivity index (χ2v) is 7.78. The first-order valence-electron chi connectivity index (χ1n) is 10.8. The molecule has 2 aromatic rings.